The first-order chi connectivity index (χ1) is 6.83. The number of alkyl halides is 1. The normalized spacial score (nSPS) is 9.50. The van der Waals surface area contributed by atoms with Crippen molar-refractivity contribution in [2.45, 2.75) is 6.54 Å². The fraction of sp³-hybridized carbons (Fsp3) is 0.300. The summed E-state index contributed by atoms with van der Waals surface area (Å²) in [5.74, 6) is 0. The minimum Gasteiger partial charge on any atom is -0.362 e. The minimum atomic E-state index is 0.702. The lowest BCUT2D eigenvalue weighted by Gasteiger charge is -2.08. The van der Waals surface area contributed by atoms with Crippen LogP contribution in [0.3, 0.4) is 0 Å². The van der Waals surface area contributed by atoms with Crippen LogP contribution in [-0.4, -0.2) is 17.0 Å². The topological polar surface area (TPSA) is 24.1 Å². The molecule has 1 rings (SSSR count). The molecule has 0 amide bonds. The maximum absolute atomic E-state index is 5.08. The van der Waals surface area contributed by atoms with Crippen molar-refractivity contribution in [3.8, 4) is 0 Å². The Morgan fingerprint density at radius 2 is 1.93 bits per heavy atom. The van der Waals surface area contributed by atoms with Crippen molar-refractivity contribution in [2.24, 2.45) is 0 Å². The van der Waals surface area contributed by atoms with Gasteiger partial charge in [0.1, 0.15) is 0 Å². The standard InChI is InChI=1S/C10H13BrN2S/c11-6-7-12-10(14)13-8-9-4-2-1-3-5-9/h1-5H,6-8H2,(H2,12,13,14). The molecule has 0 atom stereocenters. The molecule has 0 aliphatic rings. The fourth-order valence-electron chi connectivity index (χ4n) is 1.00. The Hall–Kier alpha value is -0.610. The van der Waals surface area contributed by atoms with E-state index in [1.165, 1.54) is 5.56 Å². The summed E-state index contributed by atoms with van der Waals surface area (Å²) in [7, 11) is 0. The number of rotatable bonds is 4. The molecule has 0 saturated heterocycles. The van der Waals surface area contributed by atoms with Crippen LogP contribution in [0.25, 0.3) is 0 Å². The van der Waals surface area contributed by atoms with Crippen molar-refractivity contribution in [1.29, 1.82) is 0 Å². The zero-order valence-corrected chi connectivity index (χ0v) is 10.2. The first-order valence-corrected chi connectivity index (χ1v) is 5.97. The molecule has 1 aromatic carbocycles. The van der Waals surface area contributed by atoms with Crippen LogP contribution >= 0.6 is 28.1 Å². The van der Waals surface area contributed by atoms with E-state index in [1.54, 1.807) is 0 Å². The van der Waals surface area contributed by atoms with Crippen LogP contribution < -0.4 is 10.6 Å². The Balaban J connectivity index is 2.24. The third-order valence-corrected chi connectivity index (χ3v) is 2.36. The van der Waals surface area contributed by atoms with E-state index in [-0.39, 0.29) is 0 Å². The molecular weight excluding hydrogens is 260 g/mol. The molecule has 2 nitrogen and oxygen atoms in total. The first kappa shape index (κ1) is 11.5. The minimum absolute atomic E-state index is 0.702. The van der Waals surface area contributed by atoms with Crippen LogP contribution in [0.1, 0.15) is 5.56 Å². The second-order valence-corrected chi connectivity index (χ2v) is 3.99. The molecule has 14 heavy (non-hydrogen) atoms. The molecule has 0 fully saturated rings. The van der Waals surface area contributed by atoms with E-state index in [9.17, 15) is 0 Å². The van der Waals surface area contributed by atoms with E-state index in [1.807, 2.05) is 18.2 Å². The van der Waals surface area contributed by atoms with Crippen LogP contribution in [0.15, 0.2) is 30.3 Å². The molecule has 76 valence electrons. The maximum Gasteiger partial charge on any atom is 0.166 e. The number of thiocarbonyl (C=S) groups is 1. The van der Waals surface area contributed by atoms with Crippen molar-refractivity contribution >= 4 is 33.3 Å². The molecule has 0 radical (unpaired) electrons. The second kappa shape index (κ2) is 6.79. The van der Waals surface area contributed by atoms with Gasteiger partial charge in [-0.2, -0.15) is 0 Å². The molecule has 0 heterocycles. The van der Waals surface area contributed by atoms with Gasteiger partial charge in [0.05, 0.1) is 0 Å². The van der Waals surface area contributed by atoms with E-state index in [0.717, 1.165) is 18.4 Å². The van der Waals surface area contributed by atoms with Gasteiger partial charge >= 0.3 is 0 Å². The third-order valence-electron chi connectivity index (χ3n) is 1.68. The molecule has 4 heteroatoms. The molecule has 2 N–H and O–H groups in total. The van der Waals surface area contributed by atoms with Gasteiger partial charge in [0.25, 0.3) is 0 Å². The molecule has 0 spiro atoms. The van der Waals surface area contributed by atoms with Crippen LogP contribution in [0.5, 0.6) is 0 Å². The maximum atomic E-state index is 5.08. The summed E-state index contributed by atoms with van der Waals surface area (Å²) in [4.78, 5) is 0. The van der Waals surface area contributed by atoms with Crippen molar-refractivity contribution in [2.75, 3.05) is 11.9 Å². The van der Waals surface area contributed by atoms with E-state index in [4.69, 9.17) is 12.2 Å². The summed E-state index contributed by atoms with van der Waals surface area (Å²) in [6.07, 6.45) is 0. The zero-order chi connectivity index (χ0) is 10.2. The van der Waals surface area contributed by atoms with Crippen LogP contribution in [0.4, 0.5) is 0 Å². The number of hydrogen-bond donors (Lipinski definition) is 2. The lowest BCUT2D eigenvalue weighted by molar-refractivity contribution is 0.859. The van der Waals surface area contributed by atoms with Gasteiger partial charge in [-0.25, -0.2) is 0 Å². The molecule has 0 unspecified atom stereocenters. The lowest BCUT2D eigenvalue weighted by Crippen LogP contribution is -2.35. The lowest BCUT2D eigenvalue weighted by atomic mass is 10.2. The van der Waals surface area contributed by atoms with Crippen LogP contribution in [0, 0.1) is 0 Å². The molecular formula is C10H13BrN2S. The predicted molar refractivity (Wildman–Crippen MR) is 67.7 cm³/mol. The van der Waals surface area contributed by atoms with Gasteiger partial charge in [-0.15, -0.1) is 0 Å². The van der Waals surface area contributed by atoms with Gasteiger partial charge in [-0.3, -0.25) is 0 Å². The van der Waals surface area contributed by atoms with E-state index in [0.29, 0.717) is 5.11 Å². The largest absolute Gasteiger partial charge is 0.362 e. The van der Waals surface area contributed by atoms with E-state index < -0.39 is 0 Å². The highest BCUT2D eigenvalue weighted by atomic mass is 79.9. The summed E-state index contributed by atoms with van der Waals surface area (Å²) in [6, 6.07) is 10.2. The Bertz CT molecular complexity index is 277. The molecule has 0 aliphatic carbocycles. The smallest absolute Gasteiger partial charge is 0.166 e. The highest BCUT2D eigenvalue weighted by Crippen LogP contribution is 1.96. The number of halogens is 1. The van der Waals surface area contributed by atoms with Crippen molar-refractivity contribution in [3.63, 3.8) is 0 Å². The average Bonchev–Trinajstić information content (AvgIpc) is 2.25. The quantitative estimate of drug-likeness (QED) is 0.648. The summed E-state index contributed by atoms with van der Waals surface area (Å²) in [5.41, 5.74) is 1.23. The summed E-state index contributed by atoms with van der Waals surface area (Å²) < 4.78 is 0. The summed E-state index contributed by atoms with van der Waals surface area (Å²) in [5, 5.41) is 7.81. The Morgan fingerprint density at radius 1 is 1.21 bits per heavy atom. The molecule has 0 bridgehead atoms. The monoisotopic (exact) mass is 272 g/mol. The predicted octanol–water partition coefficient (Wildman–Crippen LogP) is 2.05. The molecule has 0 aromatic heterocycles. The van der Waals surface area contributed by atoms with Gasteiger partial charge in [0.15, 0.2) is 5.11 Å². The van der Waals surface area contributed by atoms with E-state index in [2.05, 4.69) is 38.7 Å². The number of hydrogen-bond acceptors (Lipinski definition) is 1. The van der Waals surface area contributed by atoms with Crippen LogP contribution in [0.2, 0.25) is 0 Å². The Kier molecular flexibility index (Phi) is 5.56. The Morgan fingerprint density at radius 3 is 2.57 bits per heavy atom. The SMILES string of the molecule is S=C(NCCBr)NCc1ccccc1. The van der Waals surface area contributed by atoms with Crippen LogP contribution in [-0.2, 0) is 6.54 Å². The first-order valence-electron chi connectivity index (χ1n) is 4.44. The average molecular weight is 273 g/mol. The summed E-state index contributed by atoms with van der Waals surface area (Å²) in [6.45, 7) is 1.62. The van der Waals surface area contributed by atoms with Gasteiger partial charge in [-0.05, 0) is 17.8 Å². The van der Waals surface area contributed by atoms with Gasteiger partial charge < -0.3 is 10.6 Å². The van der Waals surface area contributed by atoms with Crippen molar-refractivity contribution < 1.29 is 0 Å². The van der Waals surface area contributed by atoms with E-state index >= 15 is 0 Å². The summed E-state index contributed by atoms with van der Waals surface area (Å²) >= 11 is 8.40. The molecule has 1 aromatic rings. The fourth-order valence-corrected chi connectivity index (χ4v) is 1.37. The van der Waals surface area contributed by atoms with Crippen molar-refractivity contribution in [3.05, 3.63) is 35.9 Å². The highest BCUT2D eigenvalue weighted by Gasteiger charge is 1.94. The Labute approximate surface area is 98.2 Å². The zero-order valence-electron chi connectivity index (χ0n) is 7.79. The van der Waals surface area contributed by atoms with Crippen molar-refractivity contribution in [1.82, 2.24) is 10.6 Å². The molecule has 0 aliphatic heterocycles. The molecule has 0 saturated carbocycles. The number of benzene rings is 1. The van der Waals surface area contributed by atoms with Gasteiger partial charge in [0.2, 0.25) is 0 Å². The van der Waals surface area contributed by atoms with Gasteiger partial charge in [0, 0.05) is 18.4 Å². The second-order valence-electron chi connectivity index (χ2n) is 2.78. The number of nitrogens with one attached hydrogen (secondary N) is 2. The van der Waals surface area contributed by atoms with Gasteiger partial charge in [-0.1, -0.05) is 46.3 Å². The highest BCUT2D eigenvalue weighted by molar-refractivity contribution is 9.09. The third kappa shape index (κ3) is 4.58.